The van der Waals surface area contributed by atoms with Crippen molar-refractivity contribution in [2.24, 2.45) is 7.05 Å². The van der Waals surface area contributed by atoms with Gasteiger partial charge in [0, 0.05) is 19.2 Å². The summed E-state index contributed by atoms with van der Waals surface area (Å²) in [5.41, 5.74) is -0.465. The predicted octanol–water partition coefficient (Wildman–Crippen LogP) is 0.871. The van der Waals surface area contributed by atoms with Crippen molar-refractivity contribution in [3.8, 4) is 0 Å². The first kappa shape index (κ1) is 14.3. The maximum absolute atomic E-state index is 11.3. The van der Waals surface area contributed by atoms with Crippen molar-refractivity contribution in [1.82, 2.24) is 24.7 Å². The average Bonchev–Trinajstić information content (AvgIpc) is 2.70. The average molecular weight is 295 g/mol. The van der Waals surface area contributed by atoms with Crippen LogP contribution in [0, 0.1) is 0 Å². The third-order valence-electron chi connectivity index (χ3n) is 2.53. The number of aromatic nitrogens is 5. The summed E-state index contributed by atoms with van der Waals surface area (Å²) in [4.78, 5) is 31.1. The van der Waals surface area contributed by atoms with Crippen LogP contribution in [0.4, 0.5) is 0 Å². The molecular formula is C11H13N5O3S. The van der Waals surface area contributed by atoms with Crippen LogP contribution >= 0.6 is 11.8 Å². The second-order valence-corrected chi connectivity index (χ2v) is 5.38. The Morgan fingerprint density at radius 2 is 2.20 bits per heavy atom. The van der Waals surface area contributed by atoms with E-state index in [1.54, 1.807) is 0 Å². The van der Waals surface area contributed by atoms with Gasteiger partial charge in [-0.2, -0.15) is 0 Å². The third-order valence-corrected chi connectivity index (χ3v) is 3.60. The van der Waals surface area contributed by atoms with Gasteiger partial charge < -0.3 is 5.11 Å². The largest absolute Gasteiger partial charge is 0.476 e. The summed E-state index contributed by atoms with van der Waals surface area (Å²) in [6.45, 7) is 3.76. The monoisotopic (exact) mass is 295 g/mol. The summed E-state index contributed by atoms with van der Waals surface area (Å²) in [5, 5.41) is 15.7. The standard InChI is InChI=1S/C11H13N5O3S/c1-5(2)8-12-4-6(7(13-8)9(17)18)20-11-15-14-10(19)16(11)3/h4-5H,1-3H3,(H,14,19)(H,17,18). The number of carboxylic acid groups (broad SMARTS) is 1. The Morgan fingerprint density at radius 3 is 2.70 bits per heavy atom. The molecule has 2 N–H and O–H groups in total. The number of rotatable bonds is 4. The molecule has 0 aliphatic heterocycles. The molecule has 2 aromatic heterocycles. The molecule has 0 saturated carbocycles. The molecule has 0 spiro atoms. The van der Waals surface area contributed by atoms with Crippen LogP contribution in [0.1, 0.15) is 36.1 Å². The van der Waals surface area contributed by atoms with E-state index in [0.29, 0.717) is 15.9 Å². The van der Waals surface area contributed by atoms with Gasteiger partial charge in [-0.15, -0.1) is 5.10 Å². The lowest BCUT2D eigenvalue weighted by molar-refractivity contribution is 0.0685. The van der Waals surface area contributed by atoms with Gasteiger partial charge in [-0.25, -0.2) is 24.7 Å². The van der Waals surface area contributed by atoms with E-state index in [1.165, 1.54) is 17.8 Å². The van der Waals surface area contributed by atoms with Crippen molar-refractivity contribution in [1.29, 1.82) is 0 Å². The van der Waals surface area contributed by atoms with Crippen LogP contribution in [-0.2, 0) is 7.05 Å². The fourth-order valence-corrected chi connectivity index (χ4v) is 2.26. The Labute approximate surface area is 118 Å². The van der Waals surface area contributed by atoms with Crippen molar-refractivity contribution in [3.63, 3.8) is 0 Å². The predicted molar refractivity (Wildman–Crippen MR) is 71.0 cm³/mol. The number of aromatic carboxylic acids is 1. The zero-order valence-electron chi connectivity index (χ0n) is 11.1. The quantitative estimate of drug-likeness (QED) is 0.860. The normalized spacial score (nSPS) is 11.0. The van der Waals surface area contributed by atoms with Gasteiger partial charge in [0.2, 0.25) is 0 Å². The maximum atomic E-state index is 11.3. The molecule has 0 unspecified atom stereocenters. The minimum Gasteiger partial charge on any atom is -0.476 e. The number of hydrogen-bond acceptors (Lipinski definition) is 6. The van der Waals surface area contributed by atoms with Gasteiger partial charge in [-0.1, -0.05) is 13.8 Å². The fraction of sp³-hybridized carbons (Fsp3) is 0.364. The lowest BCUT2D eigenvalue weighted by atomic mass is 10.2. The van der Waals surface area contributed by atoms with Crippen LogP contribution in [0.2, 0.25) is 0 Å². The van der Waals surface area contributed by atoms with Crippen molar-refractivity contribution >= 4 is 17.7 Å². The molecule has 106 valence electrons. The molecular weight excluding hydrogens is 282 g/mol. The highest BCUT2D eigenvalue weighted by molar-refractivity contribution is 7.99. The smallest absolute Gasteiger partial charge is 0.355 e. The first-order valence-corrected chi connectivity index (χ1v) is 6.61. The van der Waals surface area contributed by atoms with Gasteiger partial charge in [-0.05, 0) is 11.8 Å². The highest BCUT2D eigenvalue weighted by atomic mass is 32.2. The second kappa shape index (κ2) is 5.45. The van der Waals surface area contributed by atoms with Gasteiger partial charge in [0.15, 0.2) is 10.9 Å². The molecule has 0 aromatic carbocycles. The van der Waals surface area contributed by atoms with Crippen LogP contribution in [0.25, 0.3) is 0 Å². The molecule has 0 atom stereocenters. The van der Waals surface area contributed by atoms with Gasteiger partial charge in [0.05, 0.1) is 4.90 Å². The topological polar surface area (TPSA) is 114 Å². The number of H-pyrrole nitrogens is 1. The number of nitrogens with one attached hydrogen (secondary N) is 1. The number of nitrogens with zero attached hydrogens (tertiary/aromatic N) is 4. The van der Waals surface area contributed by atoms with E-state index >= 15 is 0 Å². The summed E-state index contributed by atoms with van der Waals surface area (Å²) in [5.74, 6) is -0.651. The van der Waals surface area contributed by atoms with Crippen molar-refractivity contribution in [2.75, 3.05) is 0 Å². The third kappa shape index (κ3) is 2.72. The highest BCUT2D eigenvalue weighted by Crippen LogP contribution is 2.27. The van der Waals surface area contributed by atoms with E-state index in [1.807, 2.05) is 13.8 Å². The number of carboxylic acids is 1. The lowest BCUT2D eigenvalue weighted by Crippen LogP contribution is -2.13. The second-order valence-electron chi connectivity index (χ2n) is 4.37. The lowest BCUT2D eigenvalue weighted by Gasteiger charge is -2.08. The van der Waals surface area contributed by atoms with Crippen LogP contribution < -0.4 is 5.69 Å². The Morgan fingerprint density at radius 1 is 1.50 bits per heavy atom. The van der Waals surface area contributed by atoms with E-state index in [-0.39, 0.29) is 17.3 Å². The molecule has 0 saturated heterocycles. The minimum absolute atomic E-state index is 0.0295. The summed E-state index contributed by atoms with van der Waals surface area (Å²) >= 11 is 1.03. The van der Waals surface area contributed by atoms with Gasteiger partial charge in [0.25, 0.3) is 0 Å². The summed E-state index contributed by atoms with van der Waals surface area (Å²) in [6, 6.07) is 0. The molecule has 8 nitrogen and oxygen atoms in total. The van der Waals surface area contributed by atoms with E-state index in [9.17, 15) is 14.7 Å². The SMILES string of the molecule is CC(C)c1ncc(Sc2n[nH]c(=O)n2C)c(C(=O)O)n1. The molecule has 0 fully saturated rings. The first-order chi connectivity index (χ1) is 9.40. The first-order valence-electron chi connectivity index (χ1n) is 5.79. The van der Waals surface area contributed by atoms with Gasteiger partial charge >= 0.3 is 11.7 Å². The van der Waals surface area contributed by atoms with Crippen LogP contribution in [0.5, 0.6) is 0 Å². The Hall–Kier alpha value is -2.16. The molecule has 2 aromatic rings. The summed E-state index contributed by atoms with van der Waals surface area (Å²) in [7, 11) is 1.54. The Kier molecular flexibility index (Phi) is 3.89. The fourth-order valence-electron chi connectivity index (χ4n) is 1.41. The van der Waals surface area contributed by atoms with Crippen molar-refractivity contribution in [3.05, 3.63) is 28.2 Å². The van der Waals surface area contributed by atoms with Crippen LogP contribution in [0.3, 0.4) is 0 Å². The molecule has 0 aliphatic rings. The number of aromatic amines is 1. The molecule has 2 heterocycles. The summed E-state index contributed by atoms with van der Waals surface area (Å²) < 4.78 is 1.28. The maximum Gasteiger partial charge on any atom is 0.355 e. The van der Waals surface area contributed by atoms with E-state index in [0.717, 1.165) is 11.8 Å². The molecule has 2 rings (SSSR count). The Balaban J connectivity index is 2.43. The molecule has 0 bridgehead atoms. The minimum atomic E-state index is -1.14. The number of hydrogen-bond donors (Lipinski definition) is 2. The zero-order valence-corrected chi connectivity index (χ0v) is 11.9. The van der Waals surface area contributed by atoms with Crippen LogP contribution in [-0.4, -0.2) is 35.8 Å². The molecule has 20 heavy (non-hydrogen) atoms. The van der Waals surface area contributed by atoms with E-state index in [4.69, 9.17) is 0 Å². The van der Waals surface area contributed by atoms with Crippen molar-refractivity contribution < 1.29 is 9.90 Å². The van der Waals surface area contributed by atoms with E-state index in [2.05, 4.69) is 20.2 Å². The highest BCUT2D eigenvalue weighted by Gasteiger charge is 2.18. The molecule has 0 aliphatic carbocycles. The molecule has 9 heteroatoms. The summed E-state index contributed by atoms with van der Waals surface area (Å²) in [6.07, 6.45) is 1.44. The van der Waals surface area contributed by atoms with Gasteiger partial charge in [-0.3, -0.25) is 4.57 Å². The van der Waals surface area contributed by atoms with Crippen LogP contribution in [0.15, 0.2) is 21.0 Å². The Bertz CT molecular complexity index is 706. The van der Waals surface area contributed by atoms with Crippen molar-refractivity contribution in [2.45, 2.75) is 29.8 Å². The zero-order chi connectivity index (χ0) is 14.9. The molecule has 0 amide bonds. The van der Waals surface area contributed by atoms with E-state index < -0.39 is 5.97 Å². The number of carbonyl (C=O) groups is 1. The molecule has 0 radical (unpaired) electrons. The van der Waals surface area contributed by atoms with Gasteiger partial charge in [0.1, 0.15) is 5.82 Å².